The summed E-state index contributed by atoms with van der Waals surface area (Å²) in [4.78, 5) is 12.9. The molecule has 0 bridgehead atoms. The third kappa shape index (κ3) is 3.19. The van der Waals surface area contributed by atoms with E-state index in [0.29, 0.717) is 17.7 Å². The Kier molecular flexibility index (Phi) is 4.40. The normalized spacial score (nSPS) is 12.5. The summed E-state index contributed by atoms with van der Waals surface area (Å²) >= 11 is 0. The van der Waals surface area contributed by atoms with Crippen molar-refractivity contribution in [3.8, 4) is 5.75 Å². The van der Waals surface area contributed by atoms with E-state index < -0.39 is 0 Å². The Morgan fingerprint density at radius 2 is 1.79 bits per heavy atom. The van der Waals surface area contributed by atoms with Crippen molar-refractivity contribution >= 4 is 11.0 Å². The van der Waals surface area contributed by atoms with Crippen LogP contribution in [0.25, 0.3) is 11.0 Å². The van der Waals surface area contributed by atoms with Gasteiger partial charge in [0, 0.05) is 28.1 Å². The first-order valence-corrected chi connectivity index (χ1v) is 8.07. The molecule has 0 fully saturated rings. The fourth-order valence-corrected chi connectivity index (χ4v) is 3.13. The Balaban J connectivity index is 1.95. The molecule has 1 unspecified atom stereocenters. The van der Waals surface area contributed by atoms with Crippen molar-refractivity contribution < 1.29 is 14.4 Å². The Morgan fingerprint density at radius 1 is 1.08 bits per heavy atom. The molecule has 0 aliphatic carbocycles. The number of hydrogen-bond acceptors (Lipinski definition) is 3. The van der Waals surface area contributed by atoms with Crippen molar-refractivity contribution in [1.82, 2.24) is 0 Å². The first-order valence-electron chi connectivity index (χ1n) is 8.07. The summed E-state index contributed by atoms with van der Waals surface area (Å²) in [7, 11) is 2.10. The molecule has 4 nitrogen and oxygen atoms in total. The average molecular weight is 324 g/mol. The van der Waals surface area contributed by atoms with Gasteiger partial charge in [0.05, 0.1) is 7.05 Å². The van der Waals surface area contributed by atoms with Gasteiger partial charge in [-0.1, -0.05) is 30.3 Å². The molecule has 0 aliphatic rings. The fourth-order valence-electron chi connectivity index (χ4n) is 3.13. The molecule has 1 heterocycles. The SMILES string of the molecule is Cc1cc(=O)oc2c(C)c(O)c(C[NH+](C)Cc3ccccc3)cc12. The maximum atomic E-state index is 11.6. The average Bonchev–Trinajstić information content (AvgIpc) is 2.54. The molecular formula is C20H22NO3+. The quantitative estimate of drug-likeness (QED) is 0.724. The van der Waals surface area contributed by atoms with Crippen LogP contribution in [-0.4, -0.2) is 12.2 Å². The minimum atomic E-state index is -0.387. The van der Waals surface area contributed by atoms with E-state index in [1.54, 1.807) is 6.92 Å². The second kappa shape index (κ2) is 6.49. The monoisotopic (exact) mass is 324 g/mol. The van der Waals surface area contributed by atoms with Crippen LogP contribution in [0.4, 0.5) is 0 Å². The van der Waals surface area contributed by atoms with Crippen LogP contribution in [0.5, 0.6) is 5.75 Å². The van der Waals surface area contributed by atoms with Crippen LogP contribution in [0.3, 0.4) is 0 Å². The number of phenols is 1. The summed E-state index contributed by atoms with van der Waals surface area (Å²) in [6.45, 7) is 5.24. The van der Waals surface area contributed by atoms with Crippen LogP contribution in [0.2, 0.25) is 0 Å². The van der Waals surface area contributed by atoms with Gasteiger partial charge in [-0.3, -0.25) is 0 Å². The number of rotatable bonds is 4. The highest BCUT2D eigenvalue weighted by molar-refractivity contribution is 5.85. The van der Waals surface area contributed by atoms with E-state index in [9.17, 15) is 9.90 Å². The van der Waals surface area contributed by atoms with Gasteiger partial charge in [0.2, 0.25) is 0 Å². The lowest BCUT2D eigenvalue weighted by Crippen LogP contribution is -3.06. The number of fused-ring (bicyclic) bond motifs is 1. The molecular weight excluding hydrogens is 302 g/mol. The van der Waals surface area contributed by atoms with Crippen LogP contribution in [0.15, 0.2) is 51.7 Å². The number of aryl methyl sites for hydroxylation is 2. The lowest BCUT2D eigenvalue weighted by atomic mass is 10.0. The van der Waals surface area contributed by atoms with Crippen molar-refractivity contribution in [2.75, 3.05) is 7.05 Å². The summed E-state index contributed by atoms with van der Waals surface area (Å²) in [6.07, 6.45) is 0. The molecule has 24 heavy (non-hydrogen) atoms. The van der Waals surface area contributed by atoms with E-state index in [4.69, 9.17) is 4.42 Å². The Labute approximate surface area is 141 Å². The zero-order valence-electron chi connectivity index (χ0n) is 14.2. The zero-order valence-corrected chi connectivity index (χ0v) is 14.2. The first kappa shape index (κ1) is 16.3. The number of phenolic OH excluding ortho intramolecular Hbond substituents is 1. The Morgan fingerprint density at radius 3 is 2.50 bits per heavy atom. The number of aromatic hydroxyl groups is 1. The van der Waals surface area contributed by atoms with Crippen molar-refractivity contribution in [1.29, 1.82) is 0 Å². The lowest BCUT2D eigenvalue weighted by molar-refractivity contribution is -0.907. The van der Waals surface area contributed by atoms with E-state index in [1.807, 2.05) is 31.2 Å². The molecule has 2 N–H and O–H groups in total. The molecule has 1 atom stereocenters. The third-order valence-corrected chi connectivity index (χ3v) is 4.37. The van der Waals surface area contributed by atoms with Gasteiger partial charge < -0.3 is 14.4 Å². The summed E-state index contributed by atoms with van der Waals surface area (Å²) in [6, 6.07) is 13.7. The highest BCUT2D eigenvalue weighted by Gasteiger charge is 2.16. The lowest BCUT2D eigenvalue weighted by Gasteiger charge is -2.17. The topological polar surface area (TPSA) is 54.9 Å². The largest absolute Gasteiger partial charge is 0.507 e. The number of benzene rings is 2. The standard InChI is InChI=1S/C20H21NO3/c1-13-9-18(22)24-20-14(2)19(23)16(10-17(13)20)12-21(3)11-15-7-5-4-6-8-15/h4-10,23H,11-12H2,1-3H3/p+1. The number of nitrogens with one attached hydrogen (secondary N) is 1. The van der Waals surface area contributed by atoms with Gasteiger partial charge >= 0.3 is 5.63 Å². The molecule has 3 rings (SSSR count). The van der Waals surface area contributed by atoms with Crippen LogP contribution in [0.1, 0.15) is 22.3 Å². The summed E-state index contributed by atoms with van der Waals surface area (Å²) in [5.74, 6) is 0.212. The van der Waals surface area contributed by atoms with Gasteiger partial charge in [0.1, 0.15) is 24.4 Å². The van der Waals surface area contributed by atoms with E-state index in [-0.39, 0.29) is 11.4 Å². The van der Waals surface area contributed by atoms with Gasteiger partial charge in [0.15, 0.2) is 0 Å². The van der Waals surface area contributed by atoms with Crippen molar-refractivity contribution in [2.45, 2.75) is 26.9 Å². The van der Waals surface area contributed by atoms with Gasteiger partial charge in [-0.15, -0.1) is 0 Å². The van der Waals surface area contributed by atoms with Crippen LogP contribution >= 0.6 is 0 Å². The minimum Gasteiger partial charge on any atom is -0.507 e. The van der Waals surface area contributed by atoms with Crippen molar-refractivity contribution in [3.05, 3.63) is 75.1 Å². The predicted octanol–water partition coefficient (Wildman–Crippen LogP) is 2.33. The third-order valence-electron chi connectivity index (χ3n) is 4.37. The molecule has 2 aromatic carbocycles. The Bertz CT molecular complexity index is 929. The smallest absolute Gasteiger partial charge is 0.336 e. The second-order valence-electron chi connectivity index (χ2n) is 6.43. The van der Waals surface area contributed by atoms with E-state index in [0.717, 1.165) is 23.1 Å². The van der Waals surface area contributed by atoms with E-state index in [1.165, 1.54) is 16.5 Å². The van der Waals surface area contributed by atoms with Crippen LogP contribution < -0.4 is 10.5 Å². The highest BCUT2D eigenvalue weighted by atomic mass is 16.4. The van der Waals surface area contributed by atoms with Gasteiger partial charge in [-0.05, 0) is 25.5 Å². The predicted molar refractivity (Wildman–Crippen MR) is 94.4 cm³/mol. The summed E-state index contributed by atoms with van der Waals surface area (Å²) < 4.78 is 5.29. The van der Waals surface area contributed by atoms with Gasteiger partial charge in [-0.25, -0.2) is 4.79 Å². The number of quaternary nitrogens is 1. The van der Waals surface area contributed by atoms with Gasteiger partial charge in [-0.2, -0.15) is 0 Å². The molecule has 0 saturated carbocycles. The van der Waals surface area contributed by atoms with E-state index >= 15 is 0 Å². The summed E-state index contributed by atoms with van der Waals surface area (Å²) in [5.41, 5.74) is 3.70. The Hall–Kier alpha value is -2.59. The molecule has 3 aromatic rings. The molecule has 0 radical (unpaired) electrons. The molecule has 0 saturated heterocycles. The first-order chi connectivity index (χ1) is 11.5. The molecule has 0 aliphatic heterocycles. The molecule has 0 amide bonds. The minimum absolute atomic E-state index is 0.212. The molecule has 124 valence electrons. The van der Waals surface area contributed by atoms with Crippen LogP contribution in [0, 0.1) is 13.8 Å². The maximum Gasteiger partial charge on any atom is 0.336 e. The summed E-state index contributed by atoms with van der Waals surface area (Å²) in [5, 5.41) is 11.4. The van der Waals surface area contributed by atoms with Crippen molar-refractivity contribution in [2.24, 2.45) is 0 Å². The highest BCUT2D eigenvalue weighted by Crippen LogP contribution is 2.31. The number of hydrogen-bond donors (Lipinski definition) is 2. The molecule has 1 aromatic heterocycles. The molecule has 4 heteroatoms. The van der Waals surface area contributed by atoms with Crippen LogP contribution in [-0.2, 0) is 13.1 Å². The fraction of sp³-hybridized carbons (Fsp3) is 0.250. The second-order valence-corrected chi connectivity index (χ2v) is 6.43. The van der Waals surface area contributed by atoms with Gasteiger partial charge in [0.25, 0.3) is 0 Å². The van der Waals surface area contributed by atoms with Crippen molar-refractivity contribution in [3.63, 3.8) is 0 Å². The maximum absolute atomic E-state index is 11.6. The van der Waals surface area contributed by atoms with E-state index in [2.05, 4.69) is 19.2 Å². The zero-order chi connectivity index (χ0) is 17.3. The molecule has 0 spiro atoms.